The maximum Gasteiger partial charge on any atom is 0.0543 e. The van der Waals surface area contributed by atoms with Gasteiger partial charge >= 0.3 is 0 Å². The van der Waals surface area contributed by atoms with Crippen molar-refractivity contribution in [3.05, 3.63) is 0 Å². The van der Waals surface area contributed by atoms with Crippen LogP contribution in [0.1, 0.15) is 98.8 Å². The van der Waals surface area contributed by atoms with Crippen molar-refractivity contribution in [2.24, 2.45) is 52.3 Å². The molecule has 0 amide bonds. The quantitative estimate of drug-likeness (QED) is 0.594. The van der Waals surface area contributed by atoms with Crippen molar-refractivity contribution in [3.63, 3.8) is 0 Å². The van der Waals surface area contributed by atoms with Crippen LogP contribution in [0.2, 0.25) is 0 Å². The van der Waals surface area contributed by atoms with Gasteiger partial charge in [0, 0.05) is 0 Å². The smallest absolute Gasteiger partial charge is 0.0543 e. The molecule has 26 heavy (non-hydrogen) atoms. The molecule has 4 rings (SSSR count). The molecule has 0 bridgehead atoms. The molecule has 4 unspecified atom stereocenters. The highest BCUT2D eigenvalue weighted by Crippen LogP contribution is 2.68. The van der Waals surface area contributed by atoms with Gasteiger partial charge in [-0.1, -0.05) is 34.6 Å². The minimum absolute atomic E-state index is 0.00812. The summed E-state index contributed by atoms with van der Waals surface area (Å²) >= 11 is 0. The molecule has 4 aliphatic rings. The van der Waals surface area contributed by atoms with E-state index in [0.717, 1.165) is 54.3 Å². The van der Waals surface area contributed by atoms with Gasteiger partial charge in [-0.05, 0) is 116 Å². The van der Waals surface area contributed by atoms with Gasteiger partial charge in [-0.25, -0.2) is 0 Å². The summed E-state index contributed by atoms with van der Waals surface area (Å²) in [5.41, 5.74) is 1.15. The van der Waals surface area contributed by atoms with Crippen LogP contribution in [0.25, 0.3) is 0 Å². The first-order valence-electron chi connectivity index (χ1n) is 11.9. The number of aliphatic hydroxyl groups is 1. The Morgan fingerprint density at radius 3 is 2.27 bits per heavy atom. The fraction of sp³-hybridized carbons (Fsp3) is 1.00. The topological polar surface area (TPSA) is 20.2 Å². The van der Waals surface area contributed by atoms with E-state index in [9.17, 15) is 5.11 Å². The first-order valence-corrected chi connectivity index (χ1v) is 11.9. The van der Waals surface area contributed by atoms with Crippen LogP contribution in [0.15, 0.2) is 0 Å². The summed E-state index contributed by atoms with van der Waals surface area (Å²) in [5, 5.41) is 10.2. The Labute approximate surface area is 162 Å². The van der Waals surface area contributed by atoms with E-state index in [0.29, 0.717) is 10.8 Å². The number of aliphatic hydroxyl groups excluding tert-OH is 1. The second-order valence-corrected chi connectivity index (χ2v) is 11.9. The molecule has 0 aromatic carbocycles. The molecule has 0 saturated heterocycles. The SMILES string of the molecule is CC(C)C[C@@H](C)C1CCC2C3CC[C@@H]4C[C@H](O)CC[C@]4(C)C3CC[C@@]21C. The third-order valence-corrected chi connectivity index (χ3v) is 10.2. The van der Waals surface area contributed by atoms with Crippen molar-refractivity contribution in [2.45, 2.75) is 105 Å². The van der Waals surface area contributed by atoms with Gasteiger partial charge in [0.2, 0.25) is 0 Å². The van der Waals surface area contributed by atoms with Gasteiger partial charge in [-0.15, -0.1) is 0 Å². The molecule has 0 aromatic rings. The molecule has 0 radical (unpaired) electrons. The Morgan fingerprint density at radius 2 is 1.54 bits per heavy atom. The van der Waals surface area contributed by atoms with E-state index in [-0.39, 0.29) is 6.10 Å². The normalized spacial score (nSPS) is 52.3. The van der Waals surface area contributed by atoms with Gasteiger partial charge in [-0.3, -0.25) is 0 Å². The Hall–Kier alpha value is -0.0400. The number of fused-ring (bicyclic) bond motifs is 5. The van der Waals surface area contributed by atoms with E-state index in [2.05, 4.69) is 34.6 Å². The molecule has 0 heterocycles. The highest BCUT2D eigenvalue weighted by molar-refractivity contribution is 5.09. The summed E-state index contributed by atoms with van der Waals surface area (Å²) < 4.78 is 0. The Balaban J connectivity index is 1.54. The zero-order valence-corrected chi connectivity index (χ0v) is 18.1. The fourth-order valence-corrected chi connectivity index (χ4v) is 9.12. The highest BCUT2D eigenvalue weighted by atomic mass is 16.3. The molecule has 9 atom stereocenters. The monoisotopic (exact) mass is 360 g/mol. The molecule has 1 heteroatoms. The molecular weight excluding hydrogens is 316 g/mol. The number of hydrogen-bond acceptors (Lipinski definition) is 1. The van der Waals surface area contributed by atoms with Crippen molar-refractivity contribution >= 4 is 0 Å². The average Bonchev–Trinajstić information content (AvgIpc) is 2.92. The molecule has 4 saturated carbocycles. The van der Waals surface area contributed by atoms with E-state index in [1.165, 1.54) is 51.4 Å². The number of hydrogen-bond donors (Lipinski definition) is 1. The first-order chi connectivity index (χ1) is 12.3. The second-order valence-electron chi connectivity index (χ2n) is 11.9. The standard InChI is InChI=1S/C25H44O/c1-16(2)14-17(3)21-8-9-22-20-7-6-18-15-19(26)10-12-24(18,4)23(20)11-13-25(21,22)5/h16-23,26H,6-15H2,1-5H3/t17-,18-,19-,20?,21?,22?,23?,24+,25-/m1/s1. The van der Waals surface area contributed by atoms with Gasteiger partial charge in [0.05, 0.1) is 6.10 Å². The Morgan fingerprint density at radius 1 is 0.846 bits per heavy atom. The third kappa shape index (κ3) is 2.90. The van der Waals surface area contributed by atoms with Crippen LogP contribution in [0.3, 0.4) is 0 Å². The molecule has 150 valence electrons. The Bertz CT molecular complexity index is 512. The van der Waals surface area contributed by atoms with E-state index < -0.39 is 0 Å². The zero-order chi connectivity index (χ0) is 18.7. The van der Waals surface area contributed by atoms with Gasteiger partial charge in [0.15, 0.2) is 0 Å². The first kappa shape index (κ1) is 19.3. The average molecular weight is 361 g/mol. The lowest BCUT2D eigenvalue weighted by molar-refractivity contribution is -0.129. The molecule has 1 N–H and O–H groups in total. The summed E-state index contributed by atoms with van der Waals surface area (Å²) in [4.78, 5) is 0. The predicted octanol–water partition coefficient (Wildman–Crippen LogP) is 6.69. The van der Waals surface area contributed by atoms with Crippen molar-refractivity contribution in [1.82, 2.24) is 0 Å². The van der Waals surface area contributed by atoms with Crippen LogP contribution in [0.4, 0.5) is 0 Å². The van der Waals surface area contributed by atoms with Crippen LogP contribution < -0.4 is 0 Å². The van der Waals surface area contributed by atoms with E-state index in [1.807, 2.05) is 0 Å². The van der Waals surface area contributed by atoms with Crippen LogP contribution in [0.5, 0.6) is 0 Å². The molecule has 4 fully saturated rings. The summed E-state index contributed by atoms with van der Waals surface area (Å²) in [5.74, 6) is 6.44. The van der Waals surface area contributed by atoms with Crippen LogP contribution in [-0.2, 0) is 0 Å². The predicted molar refractivity (Wildman–Crippen MR) is 110 cm³/mol. The summed E-state index contributed by atoms with van der Waals surface area (Å²) in [6.45, 7) is 12.7. The van der Waals surface area contributed by atoms with Crippen molar-refractivity contribution in [2.75, 3.05) is 0 Å². The lowest BCUT2D eigenvalue weighted by Crippen LogP contribution is -2.54. The molecule has 4 aliphatic carbocycles. The lowest BCUT2D eigenvalue weighted by Gasteiger charge is -2.61. The van der Waals surface area contributed by atoms with E-state index in [4.69, 9.17) is 0 Å². The van der Waals surface area contributed by atoms with E-state index in [1.54, 1.807) is 0 Å². The minimum Gasteiger partial charge on any atom is -0.393 e. The van der Waals surface area contributed by atoms with Gasteiger partial charge in [0.1, 0.15) is 0 Å². The van der Waals surface area contributed by atoms with Crippen molar-refractivity contribution < 1.29 is 5.11 Å². The van der Waals surface area contributed by atoms with Gasteiger partial charge < -0.3 is 5.11 Å². The highest BCUT2D eigenvalue weighted by Gasteiger charge is 2.60. The molecular formula is C25H44O. The van der Waals surface area contributed by atoms with E-state index >= 15 is 0 Å². The van der Waals surface area contributed by atoms with Crippen molar-refractivity contribution in [1.29, 1.82) is 0 Å². The van der Waals surface area contributed by atoms with Gasteiger partial charge in [0.25, 0.3) is 0 Å². The third-order valence-electron chi connectivity index (χ3n) is 10.2. The maximum absolute atomic E-state index is 10.2. The summed E-state index contributed by atoms with van der Waals surface area (Å²) in [6.07, 6.45) is 13.7. The number of rotatable bonds is 3. The largest absolute Gasteiger partial charge is 0.393 e. The minimum atomic E-state index is -0.00812. The lowest BCUT2D eigenvalue weighted by atomic mass is 9.44. The van der Waals surface area contributed by atoms with Gasteiger partial charge in [-0.2, -0.15) is 0 Å². The Kier molecular flexibility index (Phi) is 5.03. The van der Waals surface area contributed by atoms with Crippen LogP contribution in [-0.4, -0.2) is 11.2 Å². The van der Waals surface area contributed by atoms with Crippen LogP contribution >= 0.6 is 0 Å². The summed E-state index contributed by atoms with van der Waals surface area (Å²) in [6, 6.07) is 0. The summed E-state index contributed by atoms with van der Waals surface area (Å²) in [7, 11) is 0. The molecule has 0 spiro atoms. The molecule has 0 aliphatic heterocycles. The maximum atomic E-state index is 10.2. The van der Waals surface area contributed by atoms with Crippen molar-refractivity contribution in [3.8, 4) is 0 Å². The molecule has 0 aromatic heterocycles. The van der Waals surface area contributed by atoms with Crippen LogP contribution in [0, 0.1) is 52.3 Å². The zero-order valence-electron chi connectivity index (χ0n) is 18.1. The molecule has 1 nitrogen and oxygen atoms in total. The fourth-order valence-electron chi connectivity index (χ4n) is 9.12. The second kappa shape index (κ2) is 6.78.